The van der Waals surface area contributed by atoms with Gasteiger partial charge in [-0.25, -0.2) is 13.2 Å². The molecule has 0 aliphatic carbocycles. The van der Waals surface area contributed by atoms with Crippen LogP contribution in [-0.2, 0) is 35.3 Å². The van der Waals surface area contributed by atoms with Crippen molar-refractivity contribution in [1.29, 1.82) is 0 Å². The Hall–Kier alpha value is -3.86. The van der Waals surface area contributed by atoms with Gasteiger partial charge >= 0.3 is 6.18 Å². The van der Waals surface area contributed by atoms with Gasteiger partial charge in [0.1, 0.15) is 12.4 Å². The highest BCUT2D eigenvalue weighted by Gasteiger charge is 2.35. The first-order chi connectivity index (χ1) is 17.9. The maximum absolute atomic E-state index is 14.0. The van der Waals surface area contributed by atoms with Crippen LogP contribution in [0.15, 0.2) is 60.7 Å². The lowest BCUT2D eigenvalue weighted by atomic mass is 10.0. The van der Waals surface area contributed by atoms with Crippen molar-refractivity contribution in [3.63, 3.8) is 0 Å². The molecule has 0 spiro atoms. The predicted octanol–water partition coefficient (Wildman–Crippen LogP) is 4.96. The van der Waals surface area contributed by atoms with E-state index in [1.807, 2.05) is 0 Å². The van der Waals surface area contributed by atoms with Crippen LogP contribution in [0.5, 0.6) is 0 Å². The quantitative estimate of drug-likeness (QED) is 0.359. The molecule has 4 rings (SSSR count). The van der Waals surface area contributed by atoms with Gasteiger partial charge in [-0.05, 0) is 41.3 Å². The number of rotatable bonds is 6. The summed E-state index contributed by atoms with van der Waals surface area (Å²) >= 11 is 0. The summed E-state index contributed by atoms with van der Waals surface area (Å²) < 4.78 is 81.4. The van der Waals surface area contributed by atoms with Crippen LogP contribution in [0.1, 0.15) is 28.7 Å². The Morgan fingerprint density at radius 2 is 1.55 bits per heavy atom. The molecule has 1 aliphatic heterocycles. The van der Waals surface area contributed by atoms with Crippen molar-refractivity contribution in [3.8, 4) is 0 Å². The topological polar surface area (TPSA) is 66.6 Å². The van der Waals surface area contributed by atoms with Crippen molar-refractivity contribution < 1.29 is 35.9 Å². The molecular weight excluding hydrogens is 512 g/mol. The normalized spacial score (nSPS) is 14.8. The summed E-state index contributed by atoms with van der Waals surface area (Å²) in [6.45, 7) is -0.791. The first kappa shape index (κ1) is 27.2. The fourth-order valence-corrected chi connectivity index (χ4v) is 4.44. The van der Waals surface area contributed by atoms with E-state index in [9.17, 15) is 35.9 Å². The SMILES string of the molecule is N[C@@H](CC(=O)N1CC(=O)N(Cc2ccccc2C(F)(F)F)c2ccccc2C1)Cc1cc(F)c(F)cc1F. The Morgan fingerprint density at radius 1 is 0.895 bits per heavy atom. The highest BCUT2D eigenvalue weighted by molar-refractivity contribution is 5.98. The molecule has 200 valence electrons. The monoisotopic (exact) mass is 535 g/mol. The third-order valence-corrected chi connectivity index (χ3v) is 6.28. The number of para-hydroxylation sites is 1. The van der Waals surface area contributed by atoms with Gasteiger partial charge in [0.05, 0.1) is 12.1 Å². The van der Waals surface area contributed by atoms with Gasteiger partial charge in [-0.15, -0.1) is 0 Å². The minimum absolute atomic E-state index is 0.00950. The van der Waals surface area contributed by atoms with E-state index in [0.29, 0.717) is 23.4 Å². The lowest BCUT2D eigenvalue weighted by Crippen LogP contribution is -2.42. The summed E-state index contributed by atoms with van der Waals surface area (Å²) in [6.07, 6.45) is -5.20. The Morgan fingerprint density at radius 3 is 2.29 bits per heavy atom. The van der Waals surface area contributed by atoms with Gasteiger partial charge in [0.25, 0.3) is 0 Å². The summed E-state index contributed by atoms with van der Waals surface area (Å²) in [7, 11) is 0. The molecule has 5 nitrogen and oxygen atoms in total. The van der Waals surface area contributed by atoms with Crippen LogP contribution in [0, 0.1) is 17.5 Å². The molecule has 0 bridgehead atoms. The highest BCUT2D eigenvalue weighted by Crippen LogP contribution is 2.34. The standard InChI is InChI=1S/C27H23F6N3O2/c28-21-12-23(30)22(29)10-18(21)9-19(34)11-25(37)35-13-17-6-2-4-8-24(17)36(26(38)15-35)14-16-5-1-3-7-20(16)27(31,32)33/h1-8,10,12,19H,9,11,13-15,34H2/t19-/m1/s1. The molecule has 3 aromatic carbocycles. The minimum atomic E-state index is -4.62. The number of alkyl halides is 3. The van der Waals surface area contributed by atoms with Crippen LogP contribution >= 0.6 is 0 Å². The number of hydrogen-bond acceptors (Lipinski definition) is 3. The molecule has 1 atom stereocenters. The molecule has 0 aromatic heterocycles. The molecule has 11 heteroatoms. The maximum atomic E-state index is 14.0. The number of amides is 2. The maximum Gasteiger partial charge on any atom is 0.416 e. The van der Waals surface area contributed by atoms with Crippen molar-refractivity contribution >= 4 is 17.5 Å². The van der Waals surface area contributed by atoms with Crippen molar-refractivity contribution in [3.05, 3.63) is 100 Å². The highest BCUT2D eigenvalue weighted by atomic mass is 19.4. The molecule has 0 saturated heterocycles. The number of nitrogens with zero attached hydrogens (tertiary/aromatic N) is 2. The molecule has 2 N–H and O–H groups in total. The van der Waals surface area contributed by atoms with E-state index in [1.54, 1.807) is 24.3 Å². The zero-order valence-corrected chi connectivity index (χ0v) is 19.9. The Kier molecular flexibility index (Phi) is 7.77. The van der Waals surface area contributed by atoms with E-state index in [4.69, 9.17) is 5.73 Å². The zero-order chi connectivity index (χ0) is 27.6. The summed E-state index contributed by atoms with van der Waals surface area (Å²) in [6, 6.07) is 11.6. The molecule has 0 fully saturated rings. The third kappa shape index (κ3) is 5.99. The minimum Gasteiger partial charge on any atom is -0.329 e. The largest absolute Gasteiger partial charge is 0.416 e. The molecule has 0 saturated carbocycles. The summed E-state index contributed by atoms with van der Waals surface area (Å²) in [5.41, 5.74) is 5.74. The van der Waals surface area contributed by atoms with Gasteiger partial charge in [-0.2, -0.15) is 13.2 Å². The molecule has 1 heterocycles. The molecule has 2 amide bonds. The molecular formula is C27H23F6N3O2. The van der Waals surface area contributed by atoms with Crippen LogP contribution in [0.4, 0.5) is 32.0 Å². The fourth-order valence-electron chi connectivity index (χ4n) is 4.44. The second-order valence-corrected chi connectivity index (χ2v) is 9.04. The summed E-state index contributed by atoms with van der Waals surface area (Å²) in [5.74, 6) is -4.75. The smallest absolute Gasteiger partial charge is 0.329 e. The van der Waals surface area contributed by atoms with Crippen LogP contribution in [0.3, 0.4) is 0 Å². The van der Waals surface area contributed by atoms with Crippen LogP contribution < -0.4 is 10.6 Å². The number of benzene rings is 3. The third-order valence-electron chi connectivity index (χ3n) is 6.28. The van der Waals surface area contributed by atoms with Crippen LogP contribution in [-0.4, -0.2) is 29.3 Å². The first-order valence-corrected chi connectivity index (χ1v) is 11.6. The van der Waals surface area contributed by atoms with Gasteiger partial charge in [0.15, 0.2) is 11.6 Å². The van der Waals surface area contributed by atoms with Gasteiger partial charge < -0.3 is 15.5 Å². The van der Waals surface area contributed by atoms with Gasteiger partial charge in [-0.3, -0.25) is 9.59 Å². The second-order valence-electron chi connectivity index (χ2n) is 9.04. The average molecular weight is 535 g/mol. The van der Waals surface area contributed by atoms with Gasteiger partial charge in [-0.1, -0.05) is 36.4 Å². The number of halogens is 6. The second kappa shape index (κ2) is 10.9. The van der Waals surface area contributed by atoms with Crippen LogP contribution in [0.2, 0.25) is 0 Å². The zero-order valence-electron chi connectivity index (χ0n) is 19.9. The van der Waals surface area contributed by atoms with E-state index in [-0.39, 0.29) is 37.1 Å². The first-order valence-electron chi connectivity index (χ1n) is 11.6. The van der Waals surface area contributed by atoms with Crippen molar-refractivity contribution in [2.45, 2.75) is 38.1 Å². The van der Waals surface area contributed by atoms with Crippen molar-refractivity contribution in [2.75, 3.05) is 11.4 Å². The Bertz CT molecular complexity index is 1360. The lowest BCUT2D eigenvalue weighted by Gasteiger charge is -2.25. The number of carbonyl (C=O) groups excluding carboxylic acids is 2. The molecule has 0 unspecified atom stereocenters. The molecule has 38 heavy (non-hydrogen) atoms. The Labute approximate surface area is 214 Å². The number of nitrogens with two attached hydrogens (primary N) is 1. The predicted molar refractivity (Wildman–Crippen MR) is 127 cm³/mol. The molecule has 1 aliphatic rings. The lowest BCUT2D eigenvalue weighted by molar-refractivity contribution is -0.138. The average Bonchev–Trinajstić information content (AvgIpc) is 2.98. The van der Waals surface area contributed by atoms with E-state index < -0.39 is 53.6 Å². The summed E-state index contributed by atoms with van der Waals surface area (Å²) in [5, 5.41) is 0. The van der Waals surface area contributed by atoms with Gasteiger partial charge in [0, 0.05) is 30.8 Å². The van der Waals surface area contributed by atoms with Crippen molar-refractivity contribution in [2.24, 2.45) is 5.73 Å². The number of carbonyl (C=O) groups is 2. The van der Waals surface area contributed by atoms with E-state index >= 15 is 0 Å². The van der Waals surface area contributed by atoms with Gasteiger partial charge in [0.2, 0.25) is 11.8 Å². The van der Waals surface area contributed by atoms with E-state index in [1.165, 1.54) is 28.0 Å². The fraction of sp³-hybridized carbons (Fsp3) is 0.259. The number of fused-ring (bicyclic) bond motifs is 1. The van der Waals surface area contributed by atoms with Crippen molar-refractivity contribution in [1.82, 2.24) is 4.90 Å². The summed E-state index contributed by atoms with van der Waals surface area (Å²) in [4.78, 5) is 28.7. The molecule has 0 radical (unpaired) electrons. The van der Waals surface area contributed by atoms with E-state index in [2.05, 4.69) is 0 Å². The number of anilines is 1. The van der Waals surface area contributed by atoms with Crippen LogP contribution in [0.25, 0.3) is 0 Å². The Balaban J connectivity index is 1.54. The number of hydrogen-bond donors (Lipinski definition) is 1. The van der Waals surface area contributed by atoms with E-state index in [0.717, 1.165) is 6.07 Å². The molecule has 3 aromatic rings.